The molecule has 0 unspecified atom stereocenters. The van der Waals surface area contributed by atoms with Gasteiger partial charge < -0.3 is 25.0 Å². The molecule has 13 heteroatoms. The molecule has 4 rings (SSSR count). The van der Waals surface area contributed by atoms with Crippen molar-refractivity contribution >= 4 is 5.91 Å². The first-order valence-corrected chi connectivity index (χ1v) is 10.1. The molecule has 2 atom stereocenters. The van der Waals surface area contributed by atoms with Gasteiger partial charge in [-0.1, -0.05) is 6.07 Å². The van der Waals surface area contributed by atoms with Gasteiger partial charge in [-0.2, -0.15) is 4.80 Å². The lowest BCUT2D eigenvalue weighted by Crippen LogP contribution is -2.40. The van der Waals surface area contributed by atoms with Crippen molar-refractivity contribution in [1.82, 2.24) is 35.5 Å². The summed E-state index contributed by atoms with van der Waals surface area (Å²) < 4.78 is 24.3. The van der Waals surface area contributed by atoms with Crippen molar-refractivity contribution in [2.75, 3.05) is 19.8 Å². The van der Waals surface area contributed by atoms with Crippen LogP contribution in [0.1, 0.15) is 21.9 Å². The Labute approximate surface area is 187 Å². The maximum Gasteiger partial charge on any atom is 0.270 e. The van der Waals surface area contributed by atoms with E-state index in [4.69, 9.17) is 14.6 Å². The molecule has 3 N–H and O–H groups in total. The summed E-state index contributed by atoms with van der Waals surface area (Å²) in [5, 5.41) is 33.5. The van der Waals surface area contributed by atoms with Crippen molar-refractivity contribution in [3.8, 4) is 17.3 Å². The number of hydrogen-bond acceptors (Lipinski definition) is 10. The highest BCUT2D eigenvalue weighted by molar-refractivity contribution is 5.93. The summed E-state index contributed by atoms with van der Waals surface area (Å²) in [6.07, 6.45) is -0.614. The molecule has 1 aliphatic rings. The highest BCUT2D eigenvalue weighted by Gasteiger charge is 2.23. The summed E-state index contributed by atoms with van der Waals surface area (Å²) in [6.45, 7) is 2.48. The summed E-state index contributed by atoms with van der Waals surface area (Å²) in [5.74, 6) is -1.16. The normalized spacial score (nSPS) is 18.3. The molecular formula is C20H22FN7O5. The first kappa shape index (κ1) is 22.6. The van der Waals surface area contributed by atoms with E-state index in [1.165, 1.54) is 23.0 Å². The van der Waals surface area contributed by atoms with E-state index < -0.39 is 17.5 Å². The zero-order chi connectivity index (χ0) is 23.4. The van der Waals surface area contributed by atoms with E-state index in [1.807, 2.05) is 0 Å². The number of tetrazole rings is 1. The third-order valence-corrected chi connectivity index (χ3v) is 4.82. The van der Waals surface area contributed by atoms with E-state index in [9.17, 15) is 14.3 Å². The SMILES string of the molecule is Cc1nc(C(=O)NCc2ccc(F)c(O)c2)cc(-c2nnn(C[C@H]3CO[C@H](CO)CO3)n2)n1. The van der Waals surface area contributed by atoms with Gasteiger partial charge in [0, 0.05) is 6.54 Å². The molecule has 0 spiro atoms. The number of hydrogen-bond donors (Lipinski definition) is 3. The third-order valence-electron chi connectivity index (χ3n) is 4.82. The molecule has 33 heavy (non-hydrogen) atoms. The fourth-order valence-corrected chi connectivity index (χ4v) is 3.14. The van der Waals surface area contributed by atoms with Crippen molar-refractivity contribution in [1.29, 1.82) is 0 Å². The third kappa shape index (κ3) is 5.63. The largest absolute Gasteiger partial charge is 0.505 e. The lowest BCUT2D eigenvalue weighted by atomic mass is 10.2. The smallest absolute Gasteiger partial charge is 0.270 e. The molecule has 1 aromatic carbocycles. The number of carbonyl (C=O) groups is 1. The van der Waals surface area contributed by atoms with E-state index in [0.717, 1.165) is 6.07 Å². The quantitative estimate of drug-likeness (QED) is 0.439. The summed E-state index contributed by atoms with van der Waals surface area (Å²) in [7, 11) is 0. The van der Waals surface area contributed by atoms with Gasteiger partial charge >= 0.3 is 0 Å². The number of aromatic nitrogens is 6. The number of nitrogens with zero attached hydrogens (tertiary/aromatic N) is 6. The zero-order valence-electron chi connectivity index (χ0n) is 17.7. The van der Waals surface area contributed by atoms with Crippen molar-refractivity contribution in [2.24, 2.45) is 0 Å². The lowest BCUT2D eigenvalue weighted by Gasteiger charge is -2.27. The second-order valence-electron chi connectivity index (χ2n) is 7.42. The van der Waals surface area contributed by atoms with Crippen LogP contribution in [0.4, 0.5) is 4.39 Å². The molecule has 0 bridgehead atoms. The van der Waals surface area contributed by atoms with E-state index >= 15 is 0 Å². The number of ether oxygens (including phenoxy) is 2. The molecule has 1 fully saturated rings. The van der Waals surface area contributed by atoms with Gasteiger partial charge in [-0.3, -0.25) is 4.79 Å². The van der Waals surface area contributed by atoms with Crippen LogP contribution in [0, 0.1) is 12.7 Å². The van der Waals surface area contributed by atoms with Crippen LogP contribution in [0.25, 0.3) is 11.5 Å². The van der Waals surface area contributed by atoms with Gasteiger partial charge in [0.1, 0.15) is 29.4 Å². The minimum Gasteiger partial charge on any atom is -0.505 e. The van der Waals surface area contributed by atoms with Crippen LogP contribution in [0.2, 0.25) is 0 Å². The van der Waals surface area contributed by atoms with Gasteiger partial charge in [0.05, 0.1) is 26.4 Å². The van der Waals surface area contributed by atoms with Crippen LogP contribution in [0.15, 0.2) is 24.3 Å². The Hall–Kier alpha value is -3.55. The Balaban J connectivity index is 1.41. The molecule has 12 nitrogen and oxygen atoms in total. The van der Waals surface area contributed by atoms with Gasteiger partial charge in [-0.25, -0.2) is 14.4 Å². The summed E-state index contributed by atoms with van der Waals surface area (Å²) in [5.41, 5.74) is 0.941. The molecule has 0 radical (unpaired) electrons. The van der Waals surface area contributed by atoms with Crippen LogP contribution in [0.5, 0.6) is 5.75 Å². The highest BCUT2D eigenvalue weighted by atomic mass is 19.1. The number of aryl methyl sites for hydroxylation is 1. The predicted octanol–water partition coefficient (Wildman–Crippen LogP) is -0.0105. The minimum atomic E-state index is -0.737. The Morgan fingerprint density at radius 3 is 2.76 bits per heavy atom. The van der Waals surface area contributed by atoms with Crippen LogP contribution >= 0.6 is 0 Å². The lowest BCUT2D eigenvalue weighted by molar-refractivity contribution is -0.150. The molecular weight excluding hydrogens is 437 g/mol. The van der Waals surface area contributed by atoms with Crippen LogP contribution in [-0.2, 0) is 22.6 Å². The number of benzene rings is 1. The molecule has 1 saturated heterocycles. The fourth-order valence-electron chi connectivity index (χ4n) is 3.14. The van der Waals surface area contributed by atoms with Crippen LogP contribution < -0.4 is 5.32 Å². The van der Waals surface area contributed by atoms with E-state index in [0.29, 0.717) is 30.2 Å². The minimum absolute atomic E-state index is 0.0695. The van der Waals surface area contributed by atoms with Crippen molar-refractivity contribution in [3.63, 3.8) is 0 Å². The van der Waals surface area contributed by atoms with Crippen LogP contribution in [-0.4, -0.2) is 78.3 Å². The Kier molecular flexibility index (Phi) is 6.82. The first-order valence-electron chi connectivity index (χ1n) is 10.1. The topological polar surface area (TPSA) is 157 Å². The van der Waals surface area contributed by atoms with Crippen LogP contribution in [0.3, 0.4) is 0 Å². The summed E-state index contributed by atoms with van der Waals surface area (Å²) in [6, 6.07) is 5.25. The van der Waals surface area contributed by atoms with E-state index in [-0.39, 0.29) is 43.5 Å². The number of halogens is 1. The monoisotopic (exact) mass is 459 g/mol. The predicted molar refractivity (Wildman–Crippen MR) is 109 cm³/mol. The summed E-state index contributed by atoms with van der Waals surface area (Å²) >= 11 is 0. The molecule has 174 valence electrons. The Morgan fingerprint density at radius 1 is 1.24 bits per heavy atom. The number of aliphatic hydroxyl groups excluding tert-OH is 1. The fraction of sp³-hybridized carbons (Fsp3) is 0.400. The first-order chi connectivity index (χ1) is 15.9. The highest BCUT2D eigenvalue weighted by Crippen LogP contribution is 2.17. The molecule has 1 aliphatic heterocycles. The van der Waals surface area contributed by atoms with Gasteiger partial charge in [0.25, 0.3) is 5.91 Å². The van der Waals surface area contributed by atoms with Gasteiger partial charge in [-0.15, -0.1) is 10.2 Å². The number of aromatic hydroxyl groups is 1. The number of carbonyl (C=O) groups excluding carboxylic acids is 1. The number of phenolic OH excluding ortho intramolecular Hbond substituents is 1. The molecule has 3 aromatic rings. The molecule has 0 aliphatic carbocycles. The maximum absolute atomic E-state index is 13.2. The van der Waals surface area contributed by atoms with Crippen molar-refractivity contribution in [3.05, 3.63) is 47.2 Å². The van der Waals surface area contributed by atoms with Crippen molar-refractivity contribution < 1.29 is 28.9 Å². The average molecular weight is 459 g/mol. The zero-order valence-corrected chi connectivity index (χ0v) is 17.7. The maximum atomic E-state index is 13.2. The number of rotatable bonds is 7. The van der Waals surface area contributed by atoms with Gasteiger partial charge in [0.2, 0.25) is 5.82 Å². The van der Waals surface area contributed by atoms with E-state index in [2.05, 4.69) is 30.7 Å². The van der Waals surface area contributed by atoms with Crippen molar-refractivity contribution in [2.45, 2.75) is 32.2 Å². The molecule has 0 saturated carbocycles. The molecule has 1 amide bonds. The van der Waals surface area contributed by atoms with Gasteiger partial charge in [-0.05, 0) is 35.9 Å². The number of aliphatic hydroxyl groups is 1. The van der Waals surface area contributed by atoms with E-state index in [1.54, 1.807) is 6.92 Å². The molecule has 3 heterocycles. The standard InChI is InChI=1S/C20H22FN7O5/c1-11-23-16(19-25-27-28(26-19)7-13-9-33-14(8-29)10-32-13)5-17(24-11)20(31)22-6-12-2-3-15(21)18(30)4-12/h2-5,13-14,29-30H,6-10H2,1H3,(H,22,31)/t13-,14+/m0/s1. The Morgan fingerprint density at radius 2 is 2.03 bits per heavy atom. The average Bonchev–Trinajstić information content (AvgIpc) is 3.28. The van der Waals surface area contributed by atoms with Gasteiger partial charge in [0.15, 0.2) is 11.6 Å². The number of phenols is 1. The second kappa shape index (κ2) is 9.94. The number of nitrogens with one attached hydrogen (secondary N) is 1. The Bertz CT molecular complexity index is 1130. The summed E-state index contributed by atoms with van der Waals surface area (Å²) in [4.78, 5) is 22.4. The number of amides is 1. The second-order valence-corrected chi connectivity index (χ2v) is 7.42. The molecule has 2 aromatic heterocycles.